The molecule has 1 atom stereocenters. The van der Waals surface area contributed by atoms with E-state index in [-0.39, 0.29) is 0 Å². The highest BCUT2D eigenvalue weighted by atomic mass is 79.9. The molecule has 0 amide bonds. The smallest absolute Gasteiger partial charge is 0.0501 e. The molecule has 0 spiro atoms. The van der Waals surface area contributed by atoms with Crippen LogP contribution in [0.5, 0.6) is 0 Å². The zero-order chi connectivity index (χ0) is 9.97. The fourth-order valence-electron chi connectivity index (χ4n) is 1.48. The van der Waals surface area contributed by atoms with Gasteiger partial charge in [0.1, 0.15) is 0 Å². The van der Waals surface area contributed by atoms with E-state index in [0.717, 1.165) is 15.2 Å². The van der Waals surface area contributed by atoms with Gasteiger partial charge in [0.25, 0.3) is 0 Å². The lowest BCUT2D eigenvalue weighted by Gasteiger charge is -2.14. The molecule has 1 aromatic rings. The van der Waals surface area contributed by atoms with Crippen molar-refractivity contribution in [2.75, 3.05) is 16.8 Å². The number of anilines is 1. The molecule has 1 fully saturated rings. The third-order valence-corrected chi connectivity index (χ3v) is 4.31. The molecule has 0 radical (unpaired) electrons. The average Bonchev–Trinajstić information content (AvgIpc) is 2.64. The van der Waals surface area contributed by atoms with Gasteiger partial charge in [0.2, 0.25) is 0 Å². The van der Waals surface area contributed by atoms with Crippen molar-refractivity contribution >= 4 is 45.0 Å². The number of nitrogens with one attached hydrogen (secondary N) is 1. The van der Waals surface area contributed by atoms with Crippen molar-refractivity contribution in [2.45, 2.75) is 12.5 Å². The summed E-state index contributed by atoms with van der Waals surface area (Å²) in [6.07, 6.45) is 1.24. The molecule has 1 heterocycles. The van der Waals surface area contributed by atoms with Crippen LogP contribution < -0.4 is 5.32 Å². The van der Waals surface area contributed by atoms with E-state index in [1.165, 1.54) is 17.9 Å². The lowest BCUT2D eigenvalue weighted by molar-refractivity contribution is 0.812. The monoisotopic (exact) mass is 291 g/mol. The summed E-state index contributed by atoms with van der Waals surface area (Å²) in [5.41, 5.74) is 1.10. The predicted molar refractivity (Wildman–Crippen MR) is 68.5 cm³/mol. The lowest BCUT2D eigenvalue weighted by atomic mass is 10.2. The average molecular weight is 293 g/mol. The molecule has 1 N–H and O–H groups in total. The molecule has 14 heavy (non-hydrogen) atoms. The molecule has 76 valence electrons. The van der Waals surface area contributed by atoms with Gasteiger partial charge < -0.3 is 5.32 Å². The Morgan fingerprint density at radius 2 is 2.36 bits per heavy atom. The van der Waals surface area contributed by atoms with Gasteiger partial charge >= 0.3 is 0 Å². The maximum atomic E-state index is 5.94. The van der Waals surface area contributed by atoms with Crippen molar-refractivity contribution in [3.05, 3.63) is 27.7 Å². The Hall–Kier alpha value is 0.140. The fourth-order valence-corrected chi connectivity index (χ4v) is 3.16. The summed E-state index contributed by atoms with van der Waals surface area (Å²) in [5.74, 6) is 2.45. The number of rotatable bonds is 2. The van der Waals surface area contributed by atoms with Crippen LogP contribution in [0.25, 0.3) is 0 Å². The van der Waals surface area contributed by atoms with Gasteiger partial charge in [-0.25, -0.2) is 0 Å². The first-order chi connectivity index (χ1) is 6.75. The maximum absolute atomic E-state index is 5.94. The molecule has 0 aromatic heterocycles. The fraction of sp³-hybridized carbons (Fsp3) is 0.400. The molecule has 4 heteroatoms. The van der Waals surface area contributed by atoms with Crippen molar-refractivity contribution in [1.82, 2.24) is 0 Å². The van der Waals surface area contributed by atoms with Crippen molar-refractivity contribution in [3.63, 3.8) is 0 Å². The summed E-state index contributed by atoms with van der Waals surface area (Å²) >= 11 is 11.4. The Labute approximate surface area is 102 Å². The van der Waals surface area contributed by atoms with Gasteiger partial charge in [0.05, 0.1) is 5.69 Å². The first kappa shape index (κ1) is 10.7. The first-order valence-electron chi connectivity index (χ1n) is 4.55. The summed E-state index contributed by atoms with van der Waals surface area (Å²) in [6, 6.07) is 6.43. The van der Waals surface area contributed by atoms with Gasteiger partial charge in [0, 0.05) is 21.3 Å². The van der Waals surface area contributed by atoms with Crippen molar-refractivity contribution in [3.8, 4) is 0 Å². The first-order valence-corrected chi connectivity index (χ1v) is 6.87. The van der Waals surface area contributed by atoms with E-state index in [0.29, 0.717) is 6.04 Å². The van der Waals surface area contributed by atoms with Gasteiger partial charge in [-0.2, -0.15) is 11.8 Å². The Bertz CT molecular complexity index is 326. The SMILES string of the molecule is Clc1ccc(Br)c(NC2CCSC2)c1. The van der Waals surface area contributed by atoms with E-state index in [1.807, 2.05) is 30.0 Å². The lowest BCUT2D eigenvalue weighted by Crippen LogP contribution is -2.18. The van der Waals surface area contributed by atoms with E-state index in [9.17, 15) is 0 Å². The van der Waals surface area contributed by atoms with E-state index < -0.39 is 0 Å². The summed E-state index contributed by atoms with van der Waals surface area (Å²) in [4.78, 5) is 0. The number of thioether (sulfide) groups is 1. The highest BCUT2D eigenvalue weighted by Gasteiger charge is 2.15. The third-order valence-electron chi connectivity index (χ3n) is 2.22. The van der Waals surface area contributed by atoms with Gasteiger partial charge in [-0.3, -0.25) is 0 Å². The van der Waals surface area contributed by atoms with Crippen molar-refractivity contribution in [2.24, 2.45) is 0 Å². The molecule has 1 aliphatic rings. The largest absolute Gasteiger partial charge is 0.380 e. The van der Waals surface area contributed by atoms with Crippen LogP contribution in [0, 0.1) is 0 Å². The minimum Gasteiger partial charge on any atom is -0.380 e. The van der Waals surface area contributed by atoms with Crippen LogP contribution in [0.1, 0.15) is 6.42 Å². The number of halogens is 2. The highest BCUT2D eigenvalue weighted by molar-refractivity contribution is 9.10. The Morgan fingerprint density at radius 1 is 1.50 bits per heavy atom. The van der Waals surface area contributed by atoms with Crippen molar-refractivity contribution < 1.29 is 0 Å². The quantitative estimate of drug-likeness (QED) is 0.883. The van der Waals surface area contributed by atoms with Crippen LogP contribution in [0.15, 0.2) is 22.7 Å². The van der Waals surface area contributed by atoms with Gasteiger partial charge in [-0.1, -0.05) is 11.6 Å². The molecular weight excluding hydrogens is 282 g/mol. The highest BCUT2D eigenvalue weighted by Crippen LogP contribution is 2.29. The molecule has 0 bridgehead atoms. The summed E-state index contributed by atoms with van der Waals surface area (Å²) in [5, 5.41) is 4.28. The summed E-state index contributed by atoms with van der Waals surface area (Å²) < 4.78 is 1.08. The molecule has 1 saturated heterocycles. The molecule has 1 nitrogen and oxygen atoms in total. The number of hydrogen-bond donors (Lipinski definition) is 1. The zero-order valence-corrected chi connectivity index (χ0v) is 10.8. The molecule has 1 aromatic carbocycles. The maximum Gasteiger partial charge on any atom is 0.0501 e. The van der Waals surface area contributed by atoms with Crippen LogP contribution in [0.2, 0.25) is 5.02 Å². The molecule has 0 aliphatic carbocycles. The molecule has 2 rings (SSSR count). The minimum absolute atomic E-state index is 0.592. The molecular formula is C10H11BrClNS. The van der Waals surface area contributed by atoms with E-state index in [2.05, 4.69) is 21.2 Å². The molecule has 1 aliphatic heterocycles. The minimum atomic E-state index is 0.592. The Balaban J connectivity index is 2.10. The van der Waals surface area contributed by atoms with Crippen LogP contribution >= 0.6 is 39.3 Å². The Morgan fingerprint density at radius 3 is 3.07 bits per heavy atom. The van der Waals surface area contributed by atoms with Gasteiger partial charge in [0.15, 0.2) is 0 Å². The van der Waals surface area contributed by atoms with Gasteiger partial charge in [-0.05, 0) is 46.3 Å². The number of hydrogen-bond acceptors (Lipinski definition) is 2. The standard InChI is InChI=1S/C10H11BrClNS/c11-9-2-1-7(12)5-10(9)13-8-3-4-14-6-8/h1-2,5,8,13H,3-4,6H2. The Kier molecular flexibility index (Phi) is 3.63. The predicted octanol–water partition coefficient (Wildman–Crippen LogP) is 4.02. The molecule has 1 unspecified atom stereocenters. The second-order valence-corrected chi connectivity index (χ2v) is 5.77. The van der Waals surface area contributed by atoms with E-state index in [4.69, 9.17) is 11.6 Å². The molecule has 0 saturated carbocycles. The van der Waals surface area contributed by atoms with Crippen LogP contribution in [-0.4, -0.2) is 17.5 Å². The second kappa shape index (κ2) is 4.77. The van der Waals surface area contributed by atoms with Crippen molar-refractivity contribution in [1.29, 1.82) is 0 Å². The summed E-state index contributed by atoms with van der Waals surface area (Å²) in [7, 11) is 0. The summed E-state index contributed by atoms with van der Waals surface area (Å²) in [6.45, 7) is 0. The van der Waals surface area contributed by atoms with Gasteiger partial charge in [-0.15, -0.1) is 0 Å². The topological polar surface area (TPSA) is 12.0 Å². The normalized spacial score (nSPS) is 21.1. The van der Waals surface area contributed by atoms with E-state index in [1.54, 1.807) is 0 Å². The van der Waals surface area contributed by atoms with Crippen LogP contribution in [0.3, 0.4) is 0 Å². The third kappa shape index (κ3) is 2.59. The van der Waals surface area contributed by atoms with Crippen LogP contribution in [-0.2, 0) is 0 Å². The van der Waals surface area contributed by atoms with Crippen LogP contribution in [0.4, 0.5) is 5.69 Å². The van der Waals surface area contributed by atoms with E-state index >= 15 is 0 Å². The number of benzene rings is 1. The zero-order valence-electron chi connectivity index (χ0n) is 7.59. The second-order valence-electron chi connectivity index (χ2n) is 3.33.